The van der Waals surface area contributed by atoms with E-state index in [1.807, 2.05) is 13.0 Å². The Balaban J connectivity index is 0.000000229. The van der Waals surface area contributed by atoms with Gasteiger partial charge in [0.25, 0.3) is 0 Å². The Kier molecular flexibility index (Phi) is 15.2. The van der Waals surface area contributed by atoms with Crippen molar-refractivity contribution >= 4 is 17.7 Å². The molecule has 4 N–H and O–H groups in total. The molecule has 280 valence electrons. The van der Waals surface area contributed by atoms with Crippen LogP contribution in [0.3, 0.4) is 0 Å². The third-order valence-electron chi connectivity index (χ3n) is 10.6. The number of nitrogens with zero attached hydrogens (tertiary/aromatic N) is 3. The molecule has 2 aromatic rings. The number of nitrogens with two attached hydrogens (primary N) is 1. The fraction of sp³-hybridized carbons (Fsp3) is 0.605. The molecule has 3 aliphatic rings. The molecule has 0 radical (unpaired) electrons. The van der Waals surface area contributed by atoms with Gasteiger partial charge in [0.1, 0.15) is 11.5 Å². The minimum atomic E-state index is -1.20. The lowest BCUT2D eigenvalue weighted by Gasteiger charge is -2.34. The van der Waals surface area contributed by atoms with Gasteiger partial charge < -0.3 is 20.8 Å². The first kappa shape index (κ1) is 41.2. The number of carbonyl (C=O) groups is 3. The Labute approximate surface area is 299 Å². The van der Waals surface area contributed by atoms with Gasteiger partial charge in [-0.25, -0.2) is 0 Å². The molecule has 0 aromatic heterocycles. The third kappa shape index (κ3) is 11.6. The van der Waals surface area contributed by atoms with Crippen molar-refractivity contribution in [1.29, 1.82) is 0 Å². The molecular weight excluding hydrogens is 656 g/mol. The van der Waals surface area contributed by atoms with E-state index in [0.29, 0.717) is 13.0 Å². The standard InChI is InChI=1S/C19H26N2O4.C10H15N.C9H13NO5/c1-13-5-3-6-15(9-13)7-4-8-20-18(22)10-17-16(12-21(24)25)14(2)11-19(17,20)23;1-9-4-2-5-10(8-9)6-3-7-11;1-5-2-8(11)6(3-9(12)13)7(5)4-10(14)15/h3,5-6,9,14,16-17,23H,4,7-8,10-12H2,1-2H3;2,4-5,8H,3,6-7,11H2,1H3;5-7H,2-4H2,1H3,(H,12,13)/t14-,16+,17?,19?;;5-,6-,7+/m0.0/s1. The Morgan fingerprint density at radius 1 is 0.902 bits per heavy atom. The summed E-state index contributed by atoms with van der Waals surface area (Å²) in [6.45, 7) is 8.67. The van der Waals surface area contributed by atoms with Gasteiger partial charge in [-0.1, -0.05) is 73.5 Å². The maximum absolute atomic E-state index is 12.4. The summed E-state index contributed by atoms with van der Waals surface area (Å²) in [6, 6.07) is 16.9. The number of fused-ring (bicyclic) bond motifs is 1. The second-order valence-electron chi connectivity index (χ2n) is 14.6. The first-order chi connectivity index (χ1) is 24.0. The number of carboxylic acids is 1. The summed E-state index contributed by atoms with van der Waals surface area (Å²) in [4.78, 5) is 56.5. The number of rotatable bonds is 13. The zero-order valence-electron chi connectivity index (χ0n) is 30.2. The Hall–Kier alpha value is -4.23. The van der Waals surface area contributed by atoms with E-state index < -0.39 is 28.5 Å². The van der Waals surface area contributed by atoms with Crippen molar-refractivity contribution in [1.82, 2.24) is 4.90 Å². The van der Waals surface area contributed by atoms with Crippen LogP contribution in [0, 0.1) is 69.6 Å². The molecule has 2 aromatic carbocycles. The first-order valence-electron chi connectivity index (χ1n) is 17.9. The number of carbonyl (C=O) groups excluding carboxylic acids is 2. The zero-order chi connectivity index (χ0) is 37.9. The van der Waals surface area contributed by atoms with Crippen LogP contribution in [-0.4, -0.2) is 74.5 Å². The maximum atomic E-state index is 12.4. The van der Waals surface area contributed by atoms with Crippen molar-refractivity contribution in [2.75, 3.05) is 26.2 Å². The summed E-state index contributed by atoms with van der Waals surface area (Å²) in [6.07, 6.45) is 4.45. The predicted molar refractivity (Wildman–Crippen MR) is 192 cm³/mol. The summed E-state index contributed by atoms with van der Waals surface area (Å²) in [5.74, 6) is -3.00. The zero-order valence-corrected chi connectivity index (χ0v) is 30.2. The van der Waals surface area contributed by atoms with Gasteiger partial charge in [0.05, 0.1) is 6.42 Å². The number of aryl methyl sites for hydroxylation is 4. The fourth-order valence-electron chi connectivity index (χ4n) is 8.12. The predicted octanol–water partition coefficient (Wildman–Crippen LogP) is 4.86. The number of aliphatic carboxylic acids is 1. The summed E-state index contributed by atoms with van der Waals surface area (Å²) in [5.41, 5.74) is 9.37. The van der Waals surface area contributed by atoms with Crippen LogP contribution in [0.5, 0.6) is 0 Å². The molecule has 2 unspecified atom stereocenters. The van der Waals surface area contributed by atoms with E-state index in [4.69, 9.17) is 10.8 Å². The number of amides is 1. The molecule has 5 rings (SSSR count). The quantitative estimate of drug-likeness (QED) is 0.190. The number of benzene rings is 2. The van der Waals surface area contributed by atoms with Gasteiger partial charge in [0, 0.05) is 52.9 Å². The number of carboxylic acid groups (broad SMARTS) is 1. The van der Waals surface area contributed by atoms with E-state index in [9.17, 15) is 39.7 Å². The Bertz CT molecular complexity index is 1530. The minimum absolute atomic E-state index is 0.0489. The highest BCUT2D eigenvalue weighted by Crippen LogP contribution is 2.52. The molecule has 2 saturated carbocycles. The van der Waals surface area contributed by atoms with Crippen LogP contribution >= 0.6 is 0 Å². The topological polar surface area (TPSA) is 207 Å². The smallest absolute Gasteiger partial charge is 0.304 e. The molecule has 1 amide bonds. The van der Waals surface area contributed by atoms with Crippen molar-refractivity contribution < 1.29 is 34.4 Å². The largest absolute Gasteiger partial charge is 0.481 e. The Morgan fingerprint density at radius 2 is 1.45 bits per heavy atom. The van der Waals surface area contributed by atoms with Gasteiger partial charge in [0.2, 0.25) is 19.0 Å². The van der Waals surface area contributed by atoms with Crippen LogP contribution in [0.4, 0.5) is 0 Å². The molecule has 13 heteroatoms. The average Bonchev–Trinajstić information content (AvgIpc) is 3.54. The van der Waals surface area contributed by atoms with Gasteiger partial charge in [-0.3, -0.25) is 34.6 Å². The van der Waals surface area contributed by atoms with E-state index in [1.165, 1.54) is 22.3 Å². The molecule has 1 heterocycles. The fourth-order valence-corrected chi connectivity index (χ4v) is 8.12. The van der Waals surface area contributed by atoms with Crippen LogP contribution < -0.4 is 5.73 Å². The molecular formula is C38H54N4O9. The van der Waals surface area contributed by atoms with E-state index >= 15 is 0 Å². The molecule has 1 saturated heterocycles. The number of aliphatic hydroxyl groups is 1. The van der Waals surface area contributed by atoms with Crippen molar-refractivity contribution in [3.05, 3.63) is 91.0 Å². The third-order valence-corrected chi connectivity index (χ3v) is 10.6. The highest BCUT2D eigenvalue weighted by Gasteiger charge is 2.61. The van der Waals surface area contributed by atoms with E-state index in [2.05, 4.69) is 56.3 Å². The number of Topliss-reactive ketones (excluding diaryl/α,β-unsaturated/α-hetero) is 1. The van der Waals surface area contributed by atoms with Gasteiger partial charge >= 0.3 is 5.97 Å². The van der Waals surface area contributed by atoms with Gasteiger partial charge in [-0.15, -0.1) is 0 Å². The van der Waals surface area contributed by atoms with Crippen molar-refractivity contribution in [3.63, 3.8) is 0 Å². The average molecular weight is 711 g/mol. The lowest BCUT2D eigenvalue weighted by Crippen LogP contribution is -2.48. The van der Waals surface area contributed by atoms with E-state index in [-0.39, 0.29) is 72.6 Å². The van der Waals surface area contributed by atoms with E-state index in [0.717, 1.165) is 32.2 Å². The van der Waals surface area contributed by atoms with Crippen LogP contribution in [0.2, 0.25) is 0 Å². The van der Waals surface area contributed by atoms with Crippen LogP contribution in [0.1, 0.15) is 74.6 Å². The maximum Gasteiger partial charge on any atom is 0.304 e. The highest BCUT2D eigenvalue weighted by molar-refractivity contribution is 5.87. The molecule has 51 heavy (non-hydrogen) atoms. The van der Waals surface area contributed by atoms with Crippen molar-refractivity contribution in [2.24, 2.45) is 41.2 Å². The molecule has 0 bridgehead atoms. The van der Waals surface area contributed by atoms with Gasteiger partial charge in [0.15, 0.2) is 0 Å². The molecule has 7 atom stereocenters. The lowest BCUT2D eigenvalue weighted by atomic mass is 9.88. The number of hydrogen-bond acceptors (Lipinski definition) is 9. The summed E-state index contributed by atoms with van der Waals surface area (Å²) >= 11 is 0. The monoisotopic (exact) mass is 710 g/mol. The molecule has 13 nitrogen and oxygen atoms in total. The van der Waals surface area contributed by atoms with Crippen LogP contribution in [0.15, 0.2) is 48.5 Å². The van der Waals surface area contributed by atoms with Crippen LogP contribution in [0.25, 0.3) is 0 Å². The van der Waals surface area contributed by atoms with Gasteiger partial charge in [-0.05, 0) is 75.5 Å². The minimum Gasteiger partial charge on any atom is -0.481 e. The van der Waals surface area contributed by atoms with Crippen LogP contribution in [-0.2, 0) is 27.2 Å². The lowest BCUT2D eigenvalue weighted by molar-refractivity contribution is -0.491. The molecule has 3 fully saturated rings. The summed E-state index contributed by atoms with van der Waals surface area (Å²) < 4.78 is 0. The Morgan fingerprint density at radius 3 is 1.96 bits per heavy atom. The number of ketones is 1. The summed E-state index contributed by atoms with van der Waals surface area (Å²) in [5, 5.41) is 41.1. The second-order valence-corrected chi connectivity index (χ2v) is 14.6. The first-order valence-corrected chi connectivity index (χ1v) is 17.9. The molecule has 1 aliphatic heterocycles. The van der Waals surface area contributed by atoms with E-state index in [1.54, 1.807) is 11.8 Å². The highest BCUT2D eigenvalue weighted by atomic mass is 16.6. The van der Waals surface area contributed by atoms with Gasteiger partial charge in [-0.2, -0.15) is 0 Å². The normalized spacial score (nSPS) is 26.5. The number of hydrogen-bond donors (Lipinski definition) is 3. The molecule has 0 spiro atoms. The summed E-state index contributed by atoms with van der Waals surface area (Å²) in [7, 11) is 0. The number of nitro groups is 2. The second kappa shape index (κ2) is 18.8. The SMILES string of the molecule is C[C@H]1CC(=O)[C@@H](CC(=O)O)[C@@H]1C[N+](=O)[O-].Cc1cccc(CCCN)c1.Cc1cccc(CCCN2C(=O)CC3[C@H](C[N+](=O)[O-])[C@@H](C)CC32O)c1. The van der Waals surface area contributed by atoms with Crippen molar-refractivity contribution in [3.8, 4) is 0 Å². The number of likely N-dealkylation sites (tertiary alicyclic amines) is 1. The van der Waals surface area contributed by atoms with Crippen molar-refractivity contribution in [2.45, 2.75) is 84.8 Å². The molecule has 2 aliphatic carbocycles.